The Bertz CT molecular complexity index is 366. The Labute approximate surface area is 94.9 Å². The molecule has 1 rings (SSSR count). The zero-order chi connectivity index (χ0) is 12.1. The maximum Gasteiger partial charge on any atom is 0.320 e. The van der Waals surface area contributed by atoms with Gasteiger partial charge in [0.25, 0.3) is 0 Å². The molecule has 0 radical (unpaired) electrons. The third kappa shape index (κ3) is 3.58. The largest absolute Gasteiger partial charge is 0.480 e. The van der Waals surface area contributed by atoms with Crippen LogP contribution < -0.4 is 5.32 Å². The number of carboxylic acid groups (broad SMARTS) is 1. The number of hydrogen-bond donors (Lipinski definition) is 2. The van der Waals surface area contributed by atoms with E-state index in [1.165, 1.54) is 0 Å². The predicted octanol–water partition coefficient (Wildman–Crippen LogP) is 0.984. The van der Waals surface area contributed by atoms with E-state index in [4.69, 9.17) is 5.11 Å². The summed E-state index contributed by atoms with van der Waals surface area (Å²) in [6.07, 6.45) is 1.67. The van der Waals surface area contributed by atoms with Crippen molar-refractivity contribution in [3.63, 3.8) is 0 Å². The normalized spacial score (nSPS) is 12.8. The van der Waals surface area contributed by atoms with Crippen molar-refractivity contribution in [2.45, 2.75) is 33.4 Å². The van der Waals surface area contributed by atoms with E-state index in [-0.39, 0.29) is 5.92 Å². The van der Waals surface area contributed by atoms with Gasteiger partial charge in [0.15, 0.2) is 0 Å². The van der Waals surface area contributed by atoms with Gasteiger partial charge in [-0.3, -0.25) is 10.1 Å². The summed E-state index contributed by atoms with van der Waals surface area (Å²) < 4.78 is 0. The van der Waals surface area contributed by atoms with E-state index in [1.54, 1.807) is 19.2 Å². The Morgan fingerprint density at radius 2 is 2.25 bits per heavy atom. The Kier molecular flexibility index (Phi) is 4.37. The van der Waals surface area contributed by atoms with Gasteiger partial charge in [-0.15, -0.1) is 0 Å². The van der Waals surface area contributed by atoms with Crippen LogP contribution in [0.2, 0.25) is 0 Å². The molecule has 0 aromatic carbocycles. The molecular weight excluding hydrogens is 206 g/mol. The van der Waals surface area contributed by atoms with Crippen molar-refractivity contribution in [2.24, 2.45) is 5.92 Å². The van der Waals surface area contributed by atoms with Crippen LogP contribution in [0.25, 0.3) is 0 Å². The van der Waals surface area contributed by atoms with Crippen LogP contribution in [-0.4, -0.2) is 27.1 Å². The fraction of sp³-hybridized carbons (Fsp3) is 0.545. The van der Waals surface area contributed by atoms with E-state index in [0.717, 1.165) is 5.69 Å². The molecule has 1 atom stereocenters. The van der Waals surface area contributed by atoms with E-state index in [2.05, 4.69) is 15.3 Å². The summed E-state index contributed by atoms with van der Waals surface area (Å²) in [4.78, 5) is 19.1. The van der Waals surface area contributed by atoms with E-state index in [1.807, 2.05) is 13.8 Å². The first kappa shape index (κ1) is 12.6. The molecule has 1 heterocycles. The summed E-state index contributed by atoms with van der Waals surface area (Å²) >= 11 is 0. The Hall–Kier alpha value is -1.49. The molecule has 1 unspecified atom stereocenters. The van der Waals surface area contributed by atoms with E-state index in [9.17, 15) is 4.79 Å². The molecule has 0 aliphatic rings. The summed E-state index contributed by atoms with van der Waals surface area (Å²) in [5, 5.41) is 12.0. The number of aromatic nitrogens is 2. The highest BCUT2D eigenvalue weighted by Gasteiger charge is 2.20. The average molecular weight is 223 g/mol. The highest BCUT2D eigenvalue weighted by molar-refractivity contribution is 5.73. The molecule has 0 fully saturated rings. The van der Waals surface area contributed by atoms with Gasteiger partial charge in [-0.2, -0.15) is 0 Å². The minimum absolute atomic E-state index is 0.0421. The molecule has 0 bridgehead atoms. The Morgan fingerprint density at radius 3 is 2.75 bits per heavy atom. The van der Waals surface area contributed by atoms with Crippen molar-refractivity contribution in [3.05, 3.63) is 23.8 Å². The van der Waals surface area contributed by atoms with Gasteiger partial charge in [-0.25, -0.2) is 9.97 Å². The van der Waals surface area contributed by atoms with Crippen molar-refractivity contribution >= 4 is 5.97 Å². The second-order valence-corrected chi connectivity index (χ2v) is 4.04. The van der Waals surface area contributed by atoms with Crippen LogP contribution in [0.5, 0.6) is 0 Å². The lowest BCUT2D eigenvalue weighted by Crippen LogP contribution is -2.40. The number of carboxylic acids is 1. The van der Waals surface area contributed by atoms with Gasteiger partial charge in [0, 0.05) is 12.7 Å². The van der Waals surface area contributed by atoms with Crippen LogP contribution in [0.3, 0.4) is 0 Å². The quantitative estimate of drug-likeness (QED) is 0.778. The number of carbonyl (C=O) groups is 1. The van der Waals surface area contributed by atoms with E-state index < -0.39 is 12.0 Å². The summed E-state index contributed by atoms with van der Waals surface area (Å²) in [5.74, 6) is -0.100. The Balaban J connectivity index is 2.59. The molecule has 2 N–H and O–H groups in total. The fourth-order valence-electron chi connectivity index (χ4n) is 1.43. The second kappa shape index (κ2) is 5.55. The van der Waals surface area contributed by atoms with E-state index >= 15 is 0 Å². The van der Waals surface area contributed by atoms with Gasteiger partial charge in [0.05, 0.1) is 5.69 Å². The highest BCUT2D eigenvalue weighted by atomic mass is 16.4. The van der Waals surface area contributed by atoms with Crippen LogP contribution in [-0.2, 0) is 11.3 Å². The van der Waals surface area contributed by atoms with Crippen LogP contribution in [0.15, 0.2) is 12.3 Å². The number of aliphatic carboxylic acids is 1. The number of rotatable bonds is 5. The number of hydrogen-bond acceptors (Lipinski definition) is 4. The SMILES string of the molecule is Cc1nccc(CNC(C(=O)O)C(C)C)n1. The molecule has 16 heavy (non-hydrogen) atoms. The predicted molar refractivity (Wildman–Crippen MR) is 59.9 cm³/mol. The lowest BCUT2D eigenvalue weighted by atomic mass is 10.0. The summed E-state index contributed by atoms with van der Waals surface area (Å²) in [6, 6.07) is 1.23. The van der Waals surface area contributed by atoms with Gasteiger partial charge >= 0.3 is 5.97 Å². The molecule has 0 aliphatic heterocycles. The highest BCUT2D eigenvalue weighted by Crippen LogP contribution is 2.03. The minimum Gasteiger partial charge on any atom is -0.480 e. The van der Waals surface area contributed by atoms with Crippen LogP contribution in [0, 0.1) is 12.8 Å². The zero-order valence-corrected chi connectivity index (χ0v) is 9.77. The zero-order valence-electron chi connectivity index (χ0n) is 9.77. The lowest BCUT2D eigenvalue weighted by Gasteiger charge is -2.17. The molecule has 5 nitrogen and oxygen atoms in total. The Morgan fingerprint density at radius 1 is 1.56 bits per heavy atom. The number of aryl methyl sites for hydroxylation is 1. The van der Waals surface area contributed by atoms with Gasteiger partial charge in [-0.1, -0.05) is 13.8 Å². The number of nitrogens with one attached hydrogen (secondary N) is 1. The van der Waals surface area contributed by atoms with Crippen molar-refractivity contribution in [1.82, 2.24) is 15.3 Å². The molecular formula is C11H17N3O2. The fourth-order valence-corrected chi connectivity index (χ4v) is 1.43. The summed E-state index contributed by atoms with van der Waals surface area (Å²) in [5.41, 5.74) is 0.805. The maximum atomic E-state index is 10.9. The smallest absolute Gasteiger partial charge is 0.320 e. The van der Waals surface area contributed by atoms with E-state index in [0.29, 0.717) is 12.4 Å². The molecule has 0 spiro atoms. The second-order valence-electron chi connectivity index (χ2n) is 4.04. The van der Waals surface area contributed by atoms with Crippen LogP contribution in [0.4, 0.5) is 0 Å². The summed E-state index contributed by atoms with van der Waals surface area (Å²) in [7, 11) is 0. The van der Waals surface area contributed by atoms with Crippen molar-refractivity contribution < 1.29 is 9.90 Å². The molecule has 1 aromatic heterocycles. The molecule has 5 heteroatoms. The van der Waals surface area contributed by atoms with Crippen LogP contribution in [0.1, 0.15) is 25.4 Å². The first-order valence-corrected chi connectivity index (χ1v) is 5.25. The topological polar surface area (TPSA) is 75.1 Å². The molecule has 0 saturated carbocycles. The lowest BCUT2D eigenvalue weighted by molar-refractivity contribution is -0.140. The molecule has 0 aliphatic carbocycles. The maximum absolute atomic E-state index is 10.9. The van der Waals surface area contributed by atoms with Gasteiger partial charge in [-0.05, 0) is 18.9 Å². The third-order valence-corrected chi connectivity index (χ3v) is 2.27. The van der Waals surface area contributed by atoms with Gasteiger partial charge in [0.2, 0.25) is 0 Å². The van der Waals surface area contributed by atoms with Crippen molar-refractivity contribution in [1.29, 1.82) is 0 Å². The summed E-state index contributed by atoms with van der Waals surface area (Å²) in [6.45, 7) is 5.99. The first-order valence-electron chi connectivity index (χ1n) is 5.25. The standard InChI is InChI=1S/C11H17N3O2/c1-7(2)10(11(15)16)13-6-9-4-5-12-8(3)14-9/h4-5,7,10,13H,6H2,1-3H3,(H,15,16). The van der Waals surface area contributed by atoms with Crippen molar-refractivity contribution in [3.8, 4) is 0 Å². The molecule has 88 valence electrons. The minimum atomic E-state index is -0.833. The van der Waals surface area contributed by atoms with Crippen LogP contribution >= 0.6 is 0 Å². The first-order chi connectivity index (χ1) is 7.50. The monoisotopic (exact) mass is 223 g/mol. The number of nitrogens with zero attached hydrogens (tertiary/aromatic N) is 2. The van der Waals surface area contributed by atoms with Gasteiger partial charge in [0.1, 0.15) is 11.9 Å². The van der Waals surface area contributed by atoms with Crippen molar-refractivity contribution in [2.75, 3.05) is 0 Å². The third-order valence-electron chi connectivity index (χ3n) is 2.27. The molecule has 0 amide bonds. The average Bonchev–Trinajstić information content (AvgIpc) is 2.16. The molecule has 1 aromatic rings. The molecule has 0 saturated heterocycles. The van der Waals surface area contributed by atoms with Gasteiger partial charge < -0.3 is 5.11 Å².